The van der Waals surface area contributed by atoms with Gasteiger partial charge in [-0.3, -0.25) is 4.99 Å². The van der Waals surface area contributed by atoms with E-state index in [2.05, 4.69) is 41.7 Å². The highest BCUT2D eigenvalue weighted by atomic mass is 32.1. The summed E-state index contributed by atoms with van der Waals surface area (Å²) in [5.41, 5.74) is 4.09. The number of nitrogens with one attached hydrogen (secondary N) is 1. The SMILES string of the molecule is c1ccc(OCCN=C(Nc2sc(-c3ccccc3)nc2-c2ccccc2)c2ccccc2)cc1. The van der Waals surface area contributed by atoms with Gasteiger partial charge in [0, 0.05) is 16.7 Å². The molecule has 1 heterocycles. The zero-order valence-corrected chi connectivity index (χ0v) is 20.0. The number of thiazole rings is 1. The van der Waals surface area contributed by atoms with Crippen molar-refractivity contribution in [3.8, 4) is 27.6 Å². The van der Waals surface area contributed by atoms with Gasteiger partial charge in [-0.2, -0.15) is 0 Å². The fourth-order valence-corrected chi connectivity index (χ4v) is 4.64. The number of nitrogens with zero attached hydrogens (tertiary/aromatic N) is 2. The van der Waals surface area contributed by atoms with Crippen molar-refractivity contribution in [2.24, 2.45) is 4.99 Å². The summed E-state index contributed by atoms with van der Waals surface area (Å²) in [7, 11) is 0. The van der Waals surface area contributed by atoms with E-state index in [0.717, 1.165) is 44.0 Å². The third-order valence-electron chi connectivity index (χ3n) is 5.35. The highest BCUT2D eigenvalue weighted by Gasteiger charge is 2.16. The number of aromatic nitrogens is 1. The molecule has 1 aromatic heterocycles. The third kappa shape index (κ3) is 5.83. The predicted octanol–water partition coefficient (Wildman–Crippen LogP) is 7.41. The summed E-state index contributed by atoms with van der Waals surface area (Å²) in [5.74, 6) is 1.64. The Hall–Kier alpha value is -4.22. The van der Waals surface area contributed by atoms with Gasteiger partial charge in [0.25, 0.3) is 0 Å². The molecule has 0 spiro atoms. The molecule has 0 saturated carbocycles. The second-order valence-electron chi connectivity index (χ2n) is 7.81. The molecule has 0 amide bonds. The lowest BCUT2D eigenvalue weighted by Gasteiger charge is -2.11. The lowest BCUT2D eigenvalue weighted by Crippen LogP contribution is -2.15. The molecule has 5 rings (SSSR count). The molecule has 0 bridgehead atoms. The van der Waals surface area contributed by atoms with E-state index in [1.54, 1.807) is 11.3 Å². The zero-order chi connectivity index (χ0) is 23.7. The van der Waals surface area contributed by atoms with Gasteiger partial charge in [0.1, 0.15) is 33.9 Å². The molecule has 0 atom stereocenters. The first-order chi connectivity index (χ1) is 17.4. The Labute approximate surface area is 209 Å². The van der Waals surface area contributed by atoms with Crippen LogP contribution >= 0.6 is 11.3 Å². The summed E-state index contributed by atoms with van der Waals surface area (Å²) in [6, 6.07) is 40.5. The standard InChI is InChI=1S/C30H25N3OS/c1-5-13-23(14-6-1)27-30(35-29(32-27)25-17-9-3-10-18-25)33-28(24-15-7-2-8-16-24)31-21-22-34-26-19-11-4-12-20-26/h1-20H,21-22H2,(H,31,33). The van der Waals surface area contributed by atoms with Gasteiger partial charge in [0.05, 0.1) is 6.54 Å². The molecule has 0 aliphatic heterocycles. The van der Waals surface area contributed by atoms with Crippen molar-refractivity contribution in [3.05, 3.63) is 127 Å². The first-order valence-electron chi connectivity index (χ1n) is 11.5. The number of hydrogen-bond donors (Lipinski definition) is 1. The molecule has 35 heavy (non-hydrogen) atoms. The van der Waals surface area contributed by atoms with Crippen molar-refractivity contribution in [1.29, 1.82) is 0 Å². The molecule has 4 aromatic carbocycles. The number of rotatable bonds is 8. The number of aliphatic imine (C=N–C) groups is 1. The predicted molar refractivity (Wildman–Crippen MR) is 146 cm³/mol. The smallest absolute Gasteiger partial charge is 0.133 e. The van der Waals surface area contributed by atoms with Crippen molar-refractivity contribution >= 4 is 22.2 Å². The number of ether oxygens (including phenoxy) is 1. The third-order valence-corrected chi connectivity index (χ3v) is 6.37. The summed E-state index contributed by atoms with van der Waals surface area (Å²) in [5, 5.41) is 5.53. The van der Waals surface area contributed by atoms with Gasteiger partial charge < -0.3 is 10.1 Å². The van der Waals surface area contributed by atoms with Crippen molar-refractivity contribution in [2.45, 2.75) is 0 Å². The number of anilines is 1. The second kappa shape index (κ2) is 11.3. The van der Waals surface area contributed by atoms with Crippen molar-refractivity contribution in [1.82, 2.24) is 4.98 Å². The Morgan fingerprint density at radius 3 is 1.94 bits per heavy atom. The number of hydrogen-bond acceptors (Lipinski definition) is 4. The molecule has 0 aliphatic carbocycles. The molecule has 0 radical (unpaired) electrons. The first kappa shape index (κ1) is 22.6. The van der Waals surface area contributed by atoms with Gasteiger partial charge in [0.2, 0.25) is 0 Å². The zero-order valence-electron chi connectivity index (χ0n) is 19.2. The summed E-state index contributed by atoms with van der Waals surface area (Å²) in [6.45, 7) is 1.02. The van der Waals surface area contributed by atoms with Crippen LogP contribution in [0.2, 0.25) is 0 Å². The van der Waals surface area contributed by atoms with Gasteiger partial charge in [-0.25, -0.2) is 4.98 Å². The Morgan fingerprint density at radius 1 is 0.714 bits per heavy atom. The quantitative estimate of drug-likeness (QED) is 0.144. The number of amidine groups is 1. The molecule has 0 aliphatic rings. The maximum atomic E-state index is 5.85. The van der Waals surface area contributed by atoms with Crippen LogP contribution in [0.25, 0.3) is 21.8 Å². The van der Waals surface area contributed by atoms with Gasteiger partial charge in [-0.1, -0.05) is 121 Å². The fraction of sp³-hybridized carbons (Fsp3) is 0.0667. The summed E-state index contributed by atoms with van der Waals surface area (Å²) >= 11 is 1.63. The highest BCUT2D eigenvalue weighted by molar-refractivity contribution is 7.19. The lowest BCUT2D eigenvalue weighted by atomic mass is 10.1. The number of para-hydroxylation sites is 1. The highest BCUT2D eigenvalue weighted by Crippen LogP contribution is 2.38. The molecule has 0 unspecified atom stereocenters. The topological polar surface area (TPSA) is 46.5 Å². The largest absolute Gasteiger partial charge is 0.492 e. The van der Waals surface area contributed by atoms with E-state index in [-0.39, 0.29) is 0 Å². The van der Waals surface area contributed by atoms with Gasteiger partial charge >= 0.3 is 0 Å². The lowest BCUT2D eigenvalue weighted by molar-refractivity contribution is 0.329. The van der Waals surface area contributed by atoms with Gasteiger partial charge in [-0.15, -0.1) is 0 Å². The van der Waals surface area contributed by atoms with Gasteiger partial charge in [0.15, 0.2) is 0 Å². The van der Waals surface area contributed by atoms with Crippen LogP contribution in [0.3, 0.4) is 0 Å². The van der Waals surface area contributed by atoms with Crippen molar-refractivity contribution in [3.63, 3.8) is 0 Å². The molecule has 5 heteroatoms. The first-order valence-corrected chi connectivity index (χ1v) is 12.3. The van der Waals surface area contributed by atoms with Crippen LogP contribution in [0.5, 0.6) is 5.75 Å². The van der Waals surface area contributed by atoms with E-state index in [4.69, 9.17) is 14.7 Å². The van der Waals surface area contributed by atoms with Crippen LogP contribution in [0.1, 0.15) is 5.56 Å². The maximum absolute atomic E-state index is 5.85. The molecule has 172 valence electrons. The maximum Gasteiger partial charge on any atom is 0.133 e. The fourth-order valence-electron chi connectivity index (χ4n) is 3.64. The van der Waals surface area contributed by atoms with Crippen molar-refractivity contribution < 1.29 is 4.74 Å². The van der Waals surface area contributed by atoms with E-state index >= 15 is 0 Å². The molecule has 5 aromatic rings. The van der Waals surface area contributed by atoms with E-state index < -0.39 is 0 Å². The van der Waals surface area contributed by atoms with E-state index in [1.165, 1.54) is 0 Å². The Morgan fingerprint density at radius 2 is 1.29 bits per heavy atom. The van der Waals surface area contributed by atoms with E-state index in [9.17, 15) is 0 Å². The minimum absolute atomic E-state index is 0.492. The molecular formula is C30H25N3OS. The average molecular weight is 476 g/mol. The van der Waals surface area contributed by atoms with E-state index in [0.29, 0.717) is 13.2 Å². The molecular weight excluding hydrogens is 450 g/mol. The molecule has 0 saturated heterocycles. The van der Waals surface area contributed by atoms with Crippen LogP contribution in [-0.4, -0.2) is 24.0 Å². The normalized spacial score (nSPS) is 11.3. The summed E-state index contributed by atoms with van der Waals surface area (Å²) in [4.78, 5) is 9.89. The minimum Gasteiger partial charge on any atom is -0.492 e. The van der Waals surface area contributed by atoms with E-state index in [1.807, 2.05) is 84.9 Å². The Balaban J connectivity index is 1.45. The molecule has 4 nitrogen and oxygen atoms in total. The Kier molecular flexibility index (Phi) is 7.27. The number of benzene rings is 4. The average Bonchev–Trinajstić information content (AvgIpc) is 3.36. The molecule has 1 N–H and O–H groups in total. The molecule has 0 fully saturated rings. The van der Waals surface area contributed by atoms with Crippen LogP contribution in [-0.2, 0) is 0 Å². The van der Waals surface area contributed by atoms with Crippen LogP contribution in [0.15, 0.2) is 126 Å². The van der Waals surface area contributed by atoms with Crippen LogP contribution in [0.4, 0.5) is 5.00 Å². The summed E-state index contributed by atoms with van der Waals surface area (Å²) < 4.78 is 5.85. The van der Waals surface area contributed by atoms with Crippen LogP contribution < -0.4 is 10.1 Å². The Bertz CT molecular complexity index is 1370. The van der Waals surface area contributed by atoms with Gasteiger partial charge in [-0.05, 0) is 12.1 Å². The minimum atomic E-state index is 0.492. The van der Waals surface area contributed by atoms with Crippen molar-refractivity contribution in [2.75, 3.05) is 18.5 Å². The second-order valence-corrected chi connectivity index (χ2v) is 8.81. The summed E-state index contributed by atoms with van der Waals surface area (Å²) in [6.07, 6.45) is 0. The monoisotopic (exact) mass is 475 g/mol. The van der Waals surface area contributed by atoms with Crippen LogP contribution in [0, 0.1) is 0 Å².